The summed E-state index contributed by atoms with van der Waals surface area (Å²) in [7, 11) is 0. The number of anilines is 3. The van der Waals surface area contributed by atoms with Crippen LogP contribution in [0.3, 0.4) is 0 Å². The van der Waals surface area contributed by atoms with Crippen molar-refractivity contribution < 1.29 is 14.3 Å². The van der Waals surface area contributed by atoms with Gasteiger partial charge in [0.05, 0.1) is 0 Å². The van der Waals surface area contributed by atoms with Crippen molar-refractivity contribution in [3.05, 3.63) is 65.5 Å². The maximum Gasteiger partial charge on any atom is 0.274 e. The molecule has 1 aromatic heterocycles. The summed E-state index contributed by atoms with van der Waals surface area (Å²) < 4.78 is 11.0. The Hall–Kier alpha value is -3.61. The van der Waals surface area contributed by atoms with Gasteiger partial charge in [-0.2, -0.15) is 0 Å². The first-order valence-corrected chi connectivity index (χ1v) is 8.97. The van der Waals surface area contributed by atoms with Gasteiger partial charge in [-0.05, 0) is 43.2 Å². The molecule has 0 unspecified atom stereocenters. The highest BCUT2D eigenvalue weighted by Gasteiger charge is 2.15. The van der Waals surface area contributed by atoms with Gasteiger partial charge in [-0.1, -0.05) is 18.2 Å². The van der Waals surface area contributed by atoms with Crippen molar-refractivity contribution >= 4 is 23.2 Å². The number of amides is 1. The number of aromatic nitrogens is 2. The minimum absolute atomic E-state index is 0.263. The molecule has 7 heteroatoms. The lowest BCUT2D eigenvalue weighted by molar-refractivity contribution is 0.102. The number of ether oxygens (including phenoxy) is 2. The predicted octanol–water partition coefficient (Wildman–Crippen LogP) is 3.86. The second-order valence-corrected chi connectivity index (χ2v) is 6.47. The van der Waals surface area contributed by atoms with Gasteiger partial charge in [0, 0.05) is 23.6 Å². The molecule has 4 rings (SSSR count). The van der Waals surface area contributed by atoms with Crippen molar-refractivity contribution in [2.75, 3.05) is 23.8 Å². The third-order valence-corrected chi connectivity index (χ3v) is 4.41. The molecule has 2 heterocycles. The zero-order valence-corrected chi connectivity index (χ0v) is 15.7. The maximum absolute atomic E-state index is 12.6. The number of fused-ring (bicyclic) bond motifs is 1. The summed E-state index contributed by atoms with van der Waals surface area (Å²) in [5.41, 5.74) is 3.96. The molecule has 1 aliphatic heterocycles. The second-order valence-electron chi connectivity index (χ2n) is 6.47. The van der Waals surface area contributed by atoms with Gasteiger partial charge in [-0.25, -0.2) is 9.97 Å². The SMILES string of the molecule is Cc1cccc(C)c1Nc1nccc(C(=O)Nc2ccc3c(c2)OCCO3)n1. The first-order valence-electron chi connectivity index (χ1n) is 8.97. The molecular weight excluding hydrogens is 356 g/mol. The fraction of sp³-hybridized carbons (Fsp3) is 0.190. The third-order valence-electron chi connectivity index (χ3n) is 4.41. The van der Waals surface area contributed by atoms with Crippen molar-refractivity contribution in [2.24, 2.45) is 0 Å². The van der Waals surface area contributed by atoms with Crippen molar-refractivity contribution in [2.45, 2.75) is 13.8 Å². The lowest BCUT2D eigenvalue weighted by atomic mass is 10.1. The van der Waals surface area contributed by atoms with E-state index in [1.54, 1.807) is 30.5 Å². The number of hydrogen-bond acceptors (Lipinski definition) is 6. The van der Waals surface area contributed by atoms with E-state index in [0.717, 1.165) is 16.8 Å². The zero-order chi connectivity index (χ0) is 19.5. The summed E-state index contributed by atoms with van der Waals surface area (Å²) in [5, 5.41) is 6.03. The normalized spacial score (nSPS) is 12.4. The Morgan fingerprint density at radius 1 is 1.00 bits per heavy atom. The highest BCUT2D eigenvalue weighted by molar-refractivity contribution is 6.03. The van der Waals surface area contributed by atoms with Crippen molar-refractivity contribution in [3.63, 3.8) is 0 Å². The Balaban J connectivity index is 1.52. The van der Waals surface area contributed by atoms with E-state index in [0.29, 0.717) is 36.3 Å². The number of carbonyl (C=O) groups excluding carboxylic acids is 1. The number of carbonyl (C=O) groups is 1. The van der Waals surface area contributed by atoms with E-state index < -0.39 is 0 Å². The smallest absolute Gasteiger partial charge is 0.274 e. The first-order chi connectivity index (χ1) is 13.6. The molecule has 2 N–H and O–H groups in total. The molecule has 7 nitrogen and oxygen atoms in total. The van der Waals surface area contributed by atoms with E-state index in [-0.39, 0.29) is 11.6 Å². The molecule has 1 amide bonds. The quantitative estimate of drug-likeness (QED) is 0.719. The Labute approximate surface area is 162 Å². The van der Waals surface area contributed by atoms with Gasteiger partial charge < -0.3 is 20.1 Å². The van der Waals surface area contributed by atoms with E-state index in [1.807, 2.05) is 32.0 Å². The maximum atomic E-state index is 12.6. The molecule has 3 aromatic rings. The van der Waals surface area contributed by atoms with Crippen molar-refractivity contribution in [3.8, 4) is 11.5 Å². The van der Waals surface area contributed by atoms with Crippen LogP contribution >= 0.6 is 0 Å². The van der Waals surface area contributed by atoms with Crippen molar-refractivity contribution in [1.29, 1.82) is 0 Å². The Bertz CT molecular complexity index is 1020. The molecule has 0 atom stereocenters. The van der Waals surface area contributed by atoms with E-state index >= 15 is 0 Å². The molecule has 0 aliphatic carbocycles. The highest BCUT2D eigenvalue weighted by atomic mass is 16.6. The monoisotopic (exact) mass is 376 g/mol. The molecule has 1 aliphatic rings. The molecule has 0 saturated heterocycles. The summed E-state index contributed by atoms with van der Waals surface area (Å²) in [6, 6.07) is 12.9. The summed E-state index contributed by atoms with van der Waals surface area (Å²) >= 11 is 0. The minimum atomic E-state index is -0.330. The second kappa shape index (κ2) is 7.56. The number of nitrogens with one attached hydrogen (secondary N) is 2. The van der Waals surface area contributed by atoms with Gasteiger partial charge in [0.15, 0.2) is 11.5 Å². The molecule has 28 heavy (non-hydrogen) atoms. The third kappa shape index (κ3) is 3.73. The molecular formula is C21H20N4O3. The molecule has 0 bridgehead atoms. The number of benzene rings is 2. The molecule has 142 valence electrons. The standard InChI is InChI=1S/C21H20N4O3/c1-13-4-3-5-14(2)19(13)25-21-22-9-8-16(24-21)20(26)23-15-6-7-17-18(12-15)28-11-10-27-17/h3-9,12H,10-11H2,1-2H3,(H,23,26)(H,22,24,25). The molecule has 0 saturated carbocycles. The molecule has 2 aromatic carbocycles. The molecule has 0 radical (unpaired) electrons. The van der Waals surface area contributed by atoms with Crippen LogP contribution in [0.15, 0.2) is 48.7 Å². The zero-order valence-electron chi connectivity index (χ0n) is 15.7. The number of rotatable bonds is 4. The van der Waals surface area contributed by atoms with Crippen LogP contribution in [-0.2, 0) is 0 Å². The van der Waals surface area contributed by atoms with Crippen molar-refractivity contribution in [1.82, 2.24) is 9.97 Å². The number of para-hydroxylation sites is 1. The van der Waals surface area contributed by atoms with Gasteiger partial charge in [0.2, 0.25) is 5.95 Å². The fourth-order valence-corrected chi connectivity index (χ4v) is 2.99. The fourth-order valence-electron chi connectivity index (χ4n) is 2.99. The number of aryl methyl sites for hydroxylation is 2. The van der Waals surface area contributed by atoms with Crippen LogP contribution < -0.4 is 20.1 Å². The van der Waals surface area contributed by atoms with Crippen LogP contribution in [0.4, 0.5) is 17.3 Å². The lowest BCUT2D eigenvalue weighted by Crippen LogP contribution is -2.17. The minimum Gasteiger partial charge on any atom is -0.486 e. The van der Waals surface area contributed by atoms with Crippen LogP contribution in [0.5, 0.6) is 11.5 Å². The Kier molecular flexibility index (Phi) is 4.80. The summed E-state index contributed by atoms with van der Waals surface area (Å²) in [6.07, 6.45) is 1.56. The molecule has 0 spiro atoms. The van der Waals surface area contributed by atoms with E-state index in [9.17, 15) is 4.79 Å². The first kappa shape index (κ1) is 17.8. The Morgan fingerprint density at radius 2 is 1.75 bits per heavy atom. The van der Waals surface area contributed by atoms with Crippen LogP contribution in [0, 0.1) is 13.8 Å². The van der Waals surface area contributed by atoms with Gasteiger partial charge in [-0.15, -0.1) is 0 Å². The average Bonchev–Trinajstić information content (AvgIpc) is 2.71. The van der Waals surface area contributed by atoms with E-state index in [1.165, 1.54) is 0 Å². The summed E-state index contributed by atoms with van der Waals surface area (Å²) in [5.74, 6) is 1.33. The van der Waals surface area contributed by atoms with Gasteiger partial charge in [0.1, 0.15) is 18.9 Å². The van der Waals surface area contributed by atoms with Gasteiger partial charge in [0.25, 0.3) is 5.91 Å². The van der Waals surface area contributed by atoms with Crippen LogP contribution in [0.2, 0.25) is 0 Å². The summed E-state index contributed by atoms with van der Waals surface area (Å²) in [6.45, 7) is 5.03. The average molecular weight is 376 g/mol. The largest absolute Gasteiger partial charge is 0.486 e. The van der Waals surface area contributed by atoms with Crippen LogP contribution in [0.25, 0.3) is 0 Å². The van der Waals surface area contributed by atoms with Crippen LogP contribution in [0.1, 0.15) is 21.6 Å². The predicted molar refractivity (Wildman–Crippen MR) is 107 cm³/mol. The number of nitrogens with zero attached hydrogens (tertiary/aromatic N) is 2. The highest BCUT2D eigenvalue weighted by Crippen LogP contribution is 2.32. The lowest BCUT2D eigenvalue weighted by Gasteiger charge is -2.19. The Morgan fingerprint density at radius 3 is 2.54 bits per heavy atom. The summed E-state index contributed by atoms with van der Waals surface area (Å²) in [4.78, 5) is 21.2. The van der Waals surface area contributed by atoms with Crippen LogP contribution in [-0.4, -0.2) is 29.1 Å². The van der Waals surface area contributed by atoms with E-state index in [4.69, 9.17) is 9.47 Å². The topological polar surface area (TPSA) is 85.4 Å². The van der Waals surface area contributed by atoms with Gasteiger partial charge >= 0.3 is 0 Å². The van der Waals surface area contributed by atoms with Gasteiger partial charge in [-0.3, -0.25) is 4.79 Å². The number of hydrogen-bond donors (Lipinski definition) is 2. The molecule has 0 fully saturated rings. The van der Waals surface area contributed by atoms with E-state index in [2.05, 4.69) is 20.6 Å².